The molecular weight excluding hydrogens is 492 g/mol. The number of H-pyrrole nitrogens is 1. The number of anilines is 2. The third kappa shape index (κ3) is 5.45. The maximum absolute atomic E-state index is 12.9. The van der Waals surface area contributed by atoms with Gasteiger partial charge in [-0.05, 0) is 88.0 Å². The molecule has 3 aliphatic rings. The van der Waals surface area contributed by atoms with Crippen LogP contribution in [0.4, 0.5) is 11.4 Å². The molecule has 0 spiro atoms. The first kappa shape index (κ1) is 25.3. The number of hydrogen-bond donors (Lipinski definition) is 3. The summed E-state index contributed by atoms with van der Waals surface area (Å²) in [6, 6.07) is 16.9. The Hall–Kier alpha value is -3.98. The van der Waals surface area contributed by atoms with E-state index in [1.807, 2.05) is 61.6 Å². The van der Waals surface area contributed by atoms with Crippen molar-refractivity contribution in [3.63, 3.8) is 0 Å². The average molecular weight is 527 g/mol. The number of hydrogen-bond acceptors (Lipinski definition) is 5. The topological polar surface area (TPSA) is 110 Å². The molecule has 3 fully saturated rings. The minimum Gasteiger partial charge on any atom is -0.330 e. The van der Waals surface area contributed by atoms with Crippen molar-refractivity contribution in [2.24, 2.45) is 5.92 Å². The number of likely N-dealkylation sites (N-methyl/N-ethyl adjacent to an activating group) is 1. The standard InChI is InChI=1S/C30H34N6O3/c1-35-16-2-4-26(35)28(37)31-22-12-8-19(9-13-22)24-18-25(34-33-24)20-10-14-23(15-11-20)32-29(38)27-5-3-17-36(27)30(39)21-6-7-21/h8-15,18,21,26-27H,2-7,16-17H2,1H3,(H,31,37)(H,32,38)(H,33,34)/t26-,27-/m0/s1. The lowest BCUT2D eigenvalue weighted by Crippen LogP contribution is -2.43. The van der Waals surface area contributed by atoms with Crippen LogP contribution in [0.1, 0.15) is 38.5 Å². The molecule has 9 heteroatoms. The van der Waals surface area contributed by atoms with E-state index in [0.717, 1.165) is 66.9 Å². The predicted molar refractivity (Wildman–Crippen MR) is 150 cm³/mol. The van der Waals surface area contributed by atoms with Gasteiger partial charge >= 0.3 is 0 Å². The fraction of sp³-hybridized carbons (Fsp3) is 0.400. The summed E-state index contributed by atoms with van der Waals surface area (Å²) >= 11 is 0. The Balaban J connectivity index is 1.06. The number of benzene rings is 2. The van der Waals surface area contributed by atoms with Crippen LogP contribution in [0.2, 0.25) is 0 Å². The van der Waals surface area contributed by atoms with Crippen LogP contribution in [0, 0.1) is 5.92 Å². The summed E-state index contributed by atoms with van der Waals surface area (Å²) < 4.78 is 0. The summed E-state index contributed by atoms with van der Waals surface area (Å²) in [5.74, 6) is 0.179. The highest BCUT2D eigenvalue weighted by molar-refractivity contribution is 5.98. The van der Waals surface area contributed by atoms with E-state index >= 15 is 0 Å². The summed E-state index contributed by atoms with van der Waals surface area (Å²) in [5.41, 5.74) is 5.03. The number of carbonyl (C=O) groups excluding carboxylic acids is 3. The van der Waals surface area contributed by atoms with Crippen LogP contribution in [-0.4, -0.2) is 69.9 Å². The predicted octanol–water partition coefficient (Wildman–Crippen LogP) is 4.12. The molecule has 9 nitrogen and oxygen atoms in total. The van der Waals surface area contributed by atoms with Crippen molar-refractivity contribution in [1.82, 2.24) is 20.0 Å². The first-order valence-electron chi connectivity index (χ1n) is 13.8. The van der Waals surface area contributed by atoms with E-state index < -0.39 is 0 Å². The van der Waals surface area contributed by atoms with Crippen molar-refractivity contribution in [3.05, 3.63) is 54.6 Å². The molecule has 2 aromatic carbocycles. The highest BCUT2D eigenvalue weighted by Crippen LogP contribution is 2.34. The van der Waals surface area contributed by atoms with Gasteiger partial charge in [0.15, 0.2) is 0 Å². The number of aromatic amines is 1. The summed E-state index contributed by atoms with van der Waals surface area (Å²) in [6.45, 7) is 1.63. The van der Waals surface area contributed by atoms with Crippen molar-refractivity contribution in [2.45, 2.75) is 50.6 Å². The van der Waals surface area contributed by atoms with Crippen molar-refractivity contribution in [2.75, 3.05) is 30.8 Å². The smallest absolute Gasteiger partial charge is 0.247 e. The lowest BCUT2D eigenvalue weighted by molar-refractivity contribution is -0.137. The lowest BCUT2D eigenvalue weighted by atomic mass is 10.1. The number of rotatable bonds is 7. The Morgan fingerprint density at radius 3 is 2.00 bits per heavy atom. The van der Waals surface area contributed by atoms with Crippen LogP contribution in [0.15, 0.2) is 54.6 Å². The number of aromatic nitrogens is 2. The molecule has 1 aromatic heterocycles. The number of likely N-dealkylation sites (tertiary alicyclic amines) is 2. The lowest BCUT2D eigenvalue weighted by Gasteiger charge is -2.24. The molecule has 0 bridgehead atoms. The Bertz CT molecular complexity index is 1360. The summed E-state index contributed by atoms with van der Waals surface area (Å²) in [5, 5.41) is 13.6. The molecule has 3 amide bonds. The minimum atomic E-state index is -0.378. The molecule has 2 saturated heterocycles. The molecule has 3 heterocycles. The number of nitrogens with zero attached hydrogens (tertiary/aromatic N) is 3. The molecule has 6 rings (SSSR count). The quantitative estimate of drug-likeness (QED) is 0.429. The van der Waals surface area contributed by atoms with Gasteiger partial charge in [0.05, 0.1) is 17.4 Å². The average Bonchev–Trinajstić information content (AvgIpc) is 3.30. The van der Waals surface area contributed by atoms with Crippen LogP contribution in [-0.2, 0) is 14.4 Å². The maximum atomic E-state index is 12.9. The number of amides is 3. The van der Waals surface area contributed by atoms with Crippen LogP contribution in [0.3, 0.4) is 0 Å². The van der Waals surface area contributed by atoms with Crippen LogP contribution >= 0.6 is 0 Å². The van der Waals surface area contributed by atoms with Crippen molar-refractivity contribution >= 4 is 29.1 Å². The maximum Gasteiger partial charge on any atom is 0.247 e. The van der Waals surface area contributed by atoms with E-state index in [1.54, 1.807) is 4.90 Å². The normalized spacial score (nSPS) is 21.2. The second-order valence-corrected chi connectivity index (χ2v) is 10.9. The second kappa shape index (κ2) is 10.6. The van der Waals surface area contributed by atoms with Crippen molar-refractivity contribution in [3.8, 4) is 22.5 Å². The van der Waals surface area contributed by atoms with Gasteiger partial charge in [0.1, 0.15) is 6.04 Å². The summed E-state index contributed by atoms with van der Waals surface area (Å²) in [6.07, 6.45) is 5.42. The Kier molecular flexibility index (Phi) is 6.91. The van der Waals surface area contributed by atoms with Gasteiger partial charge in [0, 0.05) is 29.4 Å². The summed E-state index contributed by atoms with van der Waals surface area (Å²) in [7, 11) is 1.99. The molecular formula is C30H34N6O3. The molecule has 3 N–H and O–H groups in total. The Morgan fingerprint density at radius 2 is 1.38 bits per heavy atom. The van der Waals surface area contributed by atoms with E-state index in [4.69, 9.17) is 0 Å². The molecule has 202 valence electrons. The molecule has 0 unspecified atom stereocenters. The zero-order valence-electron chi connectivity index (χ0n) is 22.2. The van der Waals surface area contributed by atoms with Gasteiger partial charge in [-0.2, -0.15) is 5.10 Å². The zero-order chi connectivity index (χ0) is 26.9. The number of nitrogens with one attached hydrogen (secondary N) is 3. The zero-order valence-corrected chi connectivity index (χ0v) is 22.2. The molecule has 1 saturated carbocycles. The molecule has 3 aromatic rings. The monoisotopic (exact) mass is 526 g/mol. The Morgan fingerprint density at radius 1 is 0.795 bits per heavy atom. The van der Waals surface area contributed by atoms with Gasteiger partial charge in [-0.1, -0.05) is 24.3 Å². The van der Waals surface area contributed by atoms with Crippen molar-refractivity contribution < 1.29 is 14.4 Å². The van der Waals surface area contributed by atoms with Crippen LogP contribution in [0.5, 0.6) is 0 Å². The van der Waals surface area contributed by atoms with Gasteiger partial charge in [-0.25, -0.2) is 0 Å². The largest absolute Gasteiger partial charge is 0.330 e. The van der Waals surface area contributed by atoms with Gasteiger partial charge in [-0.15, -0.1) is 0 Å². The highest BCUT2D eigenvalue weighted by atomic mass is 16.2. The third-order valence-corrected chi connectivity index (χ3v) is 8.08. The van der Waals surface area contributed by atoms with Crippen LogP contribution in [0.25, 0.3) is 22.5 Å². The number of carbonyl (C=O) groups is 3. The van der Waals surface area contributed by atoms with E-state index in [-0.39, 0.29) is 35.7 Å². The van der Waals surface area contributed by atoms with Crippen molar-refractivity contribution in [1.29, 1.82) is 0 Å². The Labute approximate surface area is 228 Å². The first-order valence-corrected chi connectivity index (χ1v) is 13.8. The fourth-order valence-electron chi connectivity index (χ4n) is 5.64. The molecule has 39 heavy (non-hydrogen) atoms. The first-order chi connectivity index (χ1) is 19.0. The van der Waals surface area contributed by atoms with E-state index in [2.05, 4.69) is 25.7 Å². The molecule has 2 atom stereocenters. The second-order valence-electron chi connectivity index (χ2n) is 10.9. The highest BCUT2D eigenvalue weighted by Gasteiger charge is 2.40. The van der Waals surface area contributed by atoms with E-state index in [1.165, 1.54) is 0 Å². The van der Waals surface area contributed by atoms with E-state index in [0.29, 0.717) is 18.7 Å². The van der Waals surface area contributed by atoms with Gasteiger partial charge in [0.25, 0.3) is 0 Å². The minimum absolute atomic E-state index is 0.0387. The van der Waals surface area contributed by atoms with Crippen LogP contribution < -0.4 is 10.6 Å². The third-order valence-electron chi connectivity index (χ3n) is 8.08. The summed E-state index contributed by atoms with van der Waals surface area (Å²) in [4.78, 5) is 41.8. The van der Waals surface area contributed by atoms with Gasteiger partial charge in [-0.3, -0.25) is 24.4 Å². The molecule has 2 aliphatic heterocycles. The fourth-order valence-corrected chi connectivity index (χ4v) is 5.64. The molecule has 1 aliphatic carbocycles. The van der Waals surface area contributed by atoms with E-state index in [9.17, 15) is 14.4 Å². The van der Waals surface area contributed by atoms with Gasteiger partial charge < -0.3 is 15.5 Å². The van der Waals surface area contributed by atoms with Gasteiger partial charge in [0.2, 0.25) is 17.7 Å². The SMILES string of the molecule is CN1CCC[C@H]1C(=O)Nc1ccc(-c2cc(-c3ccc(NC(=O)[C@@H]4CCCN4C(=O)C4CC4)cc3)[nH]n2)cc1. The molecule has 0 radical (unpaired) electrons.